The molecule has 1 N–H and O–H groups in total. The van der Waals surface area contributed by atoms with E-state index in [4.69, 9.17) is 10.1 Å². The molecule has 1 aromatic carbocycles. The Hall–Kier alpha value is -1.56. The van der Waals surface area contributed by atoms with Crippen molar-refractivity contribution in [3.63, 3.8) is 0 Å². The Morgan fingerprint density at radius 1 is 1.50 bits per heavy atom. The molecule has 0 radical (unpaired) electrons. The molecule has 74 valence electrons. The number of hydrogen-bond donors (Lipinski definition) is 1. The maximum absolute atomic E-state index is 10.7. The summed E-state index contributed by atoms with van der Waals surface area (Å²) in [6.07, 6.45) is 0. The minimum absolute atomic E-state index is 0.216. The van der Waals surface area contributed by atoms with Crippen LogP contribution in [0.4, 0.5) is 5.69 Å². The third-order valence-electron chi connectivity index (χ3n) is 1.62. The first-order chi connectivity index (χ1) is 6.45. The van der Waals surface area contributed by atoms with Crippen LogP contribution in [0, 0.1) is 6.92 Å². The Balaban J connectivity index is 3.33. The molecular formula is C7H7N3O3S. The lowest BCUT2D eigenvalue weighted by Crippen LogP contribution is -1.97. The third kappa shape index (κ3) is 2.23. The van der Waals surface area contributed by atoms with Gasteiger partial charge >= 0.3 is 0 Å². The molecule has 0 atom stereocenters. The first kappa shape index (κ1) is 10.5. The first-order valence-corrected chi connectivity index (χ1v) is 5.02. The lowest BCUT2D eigenvalue weighted by molar-refractivity contribution is 0.483. The molecule has 14 heavy (non-hydrogen) atoms. The molecule has 1 rings (SSSR count). The van der Waals surface area contributed by atoms with Gasteiger partial charge in [0, 0.05) is 10.6 Å². The Kier molecular flexibility index (Phi) is 2.76. The molecule has 0 spiro atoms. The lowest BCUT2D eigenvalue weighted by Gasteiger charge is -2.01. The van der Waals surface area contributed by atoms with E-state index >= 15 is 0 Å². The minimum atomic E-state index is -4.19. The van der Waals surface area contributed by atoms with E-state index in [1.165, 1.54) is 18.2 Å². The highest BCUT2D eigenvalue weighted by Gasteiger charge is 2.09. The zero-order chi connectivity index (χ0) is 10.8. The van der Waals surface area contributed by atoms with Crippen LogP contribution in [0.25, 0.3) is 10.4 Å². The summed E-state index contributed by atoms with van der Waals surface area (Å²) in [5.41, 5.74) is 8.98. The van der Waals surface area contributed by atoms with Gasteiger partial charge in [-0.2, -0.15) is 8.42 Å². The van der Waals surface area contributed by atoms with Gasteiger partial charge in [-0.1, -0.05) is 11.2 Å². The van der Waals surface area contributed by atoms with E-state index < -0.39 is 10.1 Å². The Bertz CT molecular complexity index is 503. The van der Waals surface area contributed by atoms with Crippen LogP contribution < -0.4 is 0 Å². The Labute approximate surface area is 80.6 Å². The molecule has 0 heterocycles. The van der Waals surface area contributed by atoms with Crippen molar-refractivity contribution in [2.24, 2.45) is 5.11 Å². The normalized spacial score (nSPS) is 10.7. The van der Waals surface area contributed by atoms with Crippen LogP contribution in [0.2, 0.25) is 0 Å². The van der Waals surface area contributed by atoms with Crippen LogP contribution in [0.1, 0.15) is 5.56 Å². The van der Waals surface area contributed by atoms with Crippen molar-refractivity contribution in [2.45, 2.75) is 11.8 Å². The van der Waals surface area contributed by atoms with Gasteiger partial charge in [0.15, 0.2) is 0 Å². The van der Waals surface area contributed by atoms with E-state index in [2.05, 4.69) is 10.0 Å². The predicted molar refractivity (Wildman–Crippen MR) is 49.8 cm³/mol. The van der Waals surface area contributed by atoms with Gasteiger partial charge < -0.3 is 0 Å². The number of nitrogens with zero attached hydrogens (tertiary/aromatic N) is 3. The number of aryl methyl sites for hydroxylation is 1. The summed E-state index contributed by atoms with van der Waals surface area (Å²) < 4.78 is 30.1. The van der Waals surface area contributed by atoms with Crippen molar-refractivity contribution in [2.75, 3.05) is 0 Å². The number of azide groups is 1. The van der Waals surface area contributed by atoms with Crippen molar-refractivity contribution in [3.05, 3.63) is 34.2 Å². The SMILES string of the molecule is Cc1cc(S(=O)(=O)O)ccc1N=[N+]=[N-]. The monoisotopic (exact) mass is 213 g/mol. The van der Waals surface area contributed by atoms with E-state index in [9.17, 15) is 8.42 Å². The van der Waals surface area contributed by atoms with Crippen LogP contribution in [0.15, 0.2) is 28.2 Å². The quantitative estimate of drug-likeness (QED) is 0.352. The summed E-state index contributed by atoms with van der Waals surface area (Å²) in [4.78, 5) is 2.36. The highest BCUT2D eigenvalue weighted by molar-refractivity contribution is 7.85. The summed E-state index contributed by atoms with van der Waals surface area (Å²) in [6.45, 7) is 1.58. The predicted octanol–water partition coefficient (Wildman–Crippen LogP) is 2.18. The summed E-state index contributed by atoms with van der Waals surface area (Å²) >= 11 is 0. The highest BCUT2D eigenvalue weighted by atomic mass is 32.2. The molecule has 0 aliphatic heterocycles. The van der Waals surface area contributed by atoms with Crippen LogP contribution in [0.5, 0.6) is 0 Å². The molecule has 0 aliphatic carbocycles. The second kappa shape index (κ2) is 3.67. The summed E-state index contributed by atoms with van der Waals surface area (Å²) in [6, 6.07) is 3.74. The third-order valence-corrected chi connectivity index (χ3v) is 2.47. The van der Waals surface area contributed by atoms with Crippen molar-refractivity contribution in [3.8, 4) is 0 Å². The average molecular weight is 213 g/mol. The van der Waals surface area contributed by atoms with Crippen molar-refractivity contribution in [1.29, 1.82) is 0 Å². The molecular weight excluding hydrogens is 206 g/mol. The van der Waals surface area contributed by atoms with E-state index in [1.807, 2.05) is 0 Å². The van der Waals surface area contributed by atoms with Gasteiger partial charge in [-0.3, -0.25) is 4.55 Å². The molecule has 6 nitrogen and oxygen atoms in total. The van der Waals surface area contributed by atoms with Crippen LogP contribution in [0.3, 0.4) is 0 Å². The first-order valence-electron chi connectivity index (χ1n) is 3.58. The van der Waals surface area contributed by atoms with E-state index in [0.29, 0.717) is 11.3 Å². The fourth-order valence-electron chi connectivity index (χ4n) is 0.949. The lowest BCUT2D eigenvalue weighted by atomic mass is 10.2. The van der Waals surface area contributed by atoms with Gasteiger partial charge in [-0.15, -0.1) is 0 Å². The summed E-state index contributed by atoms with van der Waals surface area (Å²) in [5.74, 6) is 0. The van der Waals surface area contributed by atoms with Crippen LogP contribution >= 0.6 is 0 Å². The number of rotatable bonds is 2. The molecule has 0 aromatic heterocycles. The highest BCUT2D eigenvalue weighted by Crippen LogP contribution is 2.21. The molecule has 0 aliphatic rings. The molecule has 7 heteroatoms. The fourth-order valence-corrected chi connectivity index (χ4v) is 1.51. The maximum Gasteiger partial charge on any atom is 0.294 e. The van der Waals surface area contributed by atoms with Crippen LogP contribution in [-0.2, 0) is 10.1 Å². The zero-order valence-corrected chi connectivity index (χ0v) is 8.06. The topological polar surface area (TPSA) is 103 Å². The average Bonchev–Trinajstić information content (AvgIpc) is 2.07. The standard InChI is InChI=1S/C7H7N3O3S/c1-5-4-6(14(11,12)13)2-3-7(5)9-10-8/h2-4H,1H3,(H,11,12,13). The molecule has 0 saturated carbocycles. The largest absolute Gasteiger partial charge is 0.294 e. The van der Waals surface area contributed by atoms with Gasteiger partial charge in [0.1, 0.15) is 0 Å². The van der Waals surface area contributed by atoms with Gasteiger partial charge in [-0.05, 0) is 30.2 Å². The Morgan fingerprint density at radius 3 is 2.57 bits per heavy atom. The van der Waals surface area contributed by atoms with Gasteiger partial charge in [0.05, 0.1) is 4.90 Å². The van der Waals surface area contributed by atoms with E-state index in [-0.39, 0.29) is 4.90 Å². The molecule has 0 amide bonds. The van der Waals surface area contributed by atoms with E-state index in [1.54, 1.807) is 6.92 Å². The van der Waals surface area contributed by atoms with Crippen LogP contribution in [-0.4, -0.2) is 13.0 Å². The van der Waals surface area contributed by atoms with Gasteiger partial charge in [0.25, 0.3) is 10.1 Å². The molecule has 0 saturated heterocycles. The van der Waals surface area contributed by atoms with Gasteiger partial charge in [0.2, 0.25) is 0 Å². The van der Waals surface area contributed by atoms with Crippen molar-refractivity contribution >= 4 is 15.8 Å². The molecule has 0 bridgehead atoms. The summed E-state index contributed by atoms with van der Waals surface area (Å²) in [7, 11) is -4.19. The molecule has 0 unspecified atom stereocenters. The van der Waals surface area contributed by atoms with E-state index in [0.717, 1.165) is 0 Å². The fraction of sp³-hybridized carbons (Fsp3) is 0.143. The smallest absolute Gasteiger partial charge is 0.282 e. The summed E-state index contributed by atoms with van der Waals surface area (Å²) in [5, 5.41) is 3.33. The Morgan fingerprint density at radius 2 is 2.14 bits per heavy atom. The second-order valence-electron chi connectivity index (χ2n) is 2.61. The zero-order valence-electron chi connectivity index (χ0n) is 7.25. The number of hydrogen-bond acceptors (Lipinski definition) is 3. The minimum Gasteiger partial charge on any atom is -0.282 e. The molecule has 1 aromatic rings. The second-order valence-corrected chi connectivity index (χ2v) is 4.03. The number of benzene rings is 1. The maximum atomic E-state index is 10.7. The molecule has 0 fully saturated rings. The van der Waals surface area contributed by atoms with Crippen molar-refractivity contribution in [1.82, 2.24) is 0 Å². The van der Waals surface area contributed by atoms with Crippen molar-refractivity contribution < 1.29 is 13.0 Å². The van der Waals surface area contributed by atoms with Gasteiger partial charge in [-0.25, -0.2) is 0 Å².